The molecule has 0 saturated heterocycles. The van der Waals surface area contributed by atoms with E-state index in [1.807, 2.05) is 19.0 Å². The van der Waals surface area contributed by atoms with Crippen LogP contribution in [0.2, 0.25) is 0 Å². The minimum Gasteiger partial charge on any atom is -0.446 e. The molecule has 122 valence electrons. The molecule has 0 spiro atoms. The summed E-state index contributed by atoms with van der Waals surface area (Å²) in [5, 5.41) is 0. The Morgan fingerprint density at radius 3 is 2.67 bits per heavy atom. The van der Waals surface area contributed by atoms with Gasteiger partial charge in [0.1, 0.15) is 6.04 Å². The number of halogens is 1. The third-order valence-corrected chi connectivity index (χ3v) is 4.17. The number of anilines is 2. The van der Waals surface area contributed by atoms with E-state index >= 15 is 0 Å². The Morgan fingerprint density at radius 2 is 2.00 bits per heavy atom. The Morgan fingerprint density at radius 1 is 1.21 bits per heavy atom. The zero-order chi connectivity index (χ0) is 16.7. The van der Waals surface area contributed by atoms with Crippen LogP contribution in [0.1, 0.15) is 22.9 Å². The first-order valence-electron chi connectivity index (χ1n) is 7.56. The standard InChI is InChI=1S/C17H16FN5O/c1-22(2)13-3-4-14-11(5-13)9-23(16(14)15-8-19-10-24-15)17-20-6-12(18)7-21-17/h3-8,10,16H,9H2,1-2H3. The molecule has 6 nitrogen and oxygen atoms in total. The van der Waals surface area contributed by atoms with Crippen LogP contribution in [-0.4, -0.2) is 29.0 Å². The molecular formula is C17H16FN5O. The van der Waals surface area contributed by atoms with Gasteiger partial charge in [-0.25, -0.2) is 19.3 Å². The summed E-state index contributed by atoms with van der Waals surface area (Å²) in [5.74, 6) is 0.709. The Bertz CT molecular complexity index is 848. The Hall–Kier alpha value is -2.96. The van der Waals surface area contributed by atoms with Gasteiger partial charge >= 0.3 is 0 Å². The predicted octanol–water partition coefficient (Wildman–Crippen LogP) is 2.78. The van der Waals surface area contributed by atoms with Crippen molar-refractivity contribution in [2.75, 3.05) is 23.9 Å². The minimum absolute atomic E-state index is 0.177. The first-order chi connectivity index (χ1) is 11.6. The third-order valence-electron chi connectivity index (χ3n) is 4.17. The molecule has 1 atom stereocenters. The highest BCUT2D eigenvalue weighted by Crippen LogP contribution is 2.41. The van der Waals surface area contributed by atoms with E-state index in [-0.39, 0.29) is 6.04 Å². The third kappa shape index (κ3) is 2.38. The van der Waals surface area contributed by atoms with Crippen molar-refractivity contribution in [3.05, 3.63) is 65.9 Å². The minimum atomic E-state index is -0.457. The first kappa shape index (κ1) is 14.6. The summed E-state index contributed by atoms with van der Waals surface area (Å²) >= 11 is 0. The molecule has 2 aromatic heterocycles. The van der Waals surface area contributed by atoms with E-state index < -0.39 is 5.82 Å². The molecule has 1 aliphatic rings. The van der Waals surface area contributed by atoms with Gasteiger partial charge in [-0.1, -0.05) is 6.07 Å². The second-order valence-electron chi connectivity index (χ2n) is 5.91. The van der Waals surface area contributed by atoms with Gasteiger partial charge in [0, 0.05) is 26.3 Å². The largest absolute Gasteiger partial charge is 0.446 e. The molecule has 7 heteroatoms. The summed E-state index contributed by atoms with van der Waals surface area (Å²) in [7, 11) is 4.01. The molecule has 4 rings (SSSR count). The Labute approximate surface area is 138 Å². The lowest BCUT2D eigenvalue weighted by molar-refractivity contribution is 0.477. The van der Waals surface area contributed by atoms with Crippen molar-refractivity contribution in [1.29, 1.82) is 0 Å². The molecule has 0 N–H and O–H groups in total. The molecule has 1 unspecified atom stereocenters. The maximum Gasteiger partial charge on any atom is 0.226 e. The molecule has 0 aliphatic carbocycles. The van der Waals surface area contributed by atoms with E-state index in [1.165, 1.54) is 18.8 Å². The number of nitrogens with zero attached hydrogens (tertiary/aromatic N) is 5. The fourth-order valence-electron chi connectivity index (χ4n) is 3.02. The molecule has 0 radical (unpaired) electrons. The van der Waals surface area contributed by atoms with Crippen molar-refractivity contribution in [1.82, 2.24) is 15.0 Å². The number of oxazole rings is 1. The molecule has 1 aromatic carbocycles. The number of rotatable bonds is 3. The summed E-state index contributed by atoms with van der Waals surface area (Å²) in [5.41, 5.74) is 3.40. The zero-order valence-electron chi connectivity index (χ0n) is 13.3. The van der Waals surface area contributed by atoms with E-state index in [2.05, 4.69) is 38.1 Å². The van der Waals surface area contributed by atoms with Gasteiger partial charge in [0.2, 0.25) is 5.95 Å². The van der Waals surface area contributed by atoms with Gasteiger partial charge in [-0.15, -0.1) is 0 Å². The van der Waals surface area contributed by atoms with Crippen molar-refractivity contribution in [3.8, 4) is 0 Å². The van der Waals surface area contributed by atoms with Crippen LogP contribution in [0.5, 0.6) is 0 Å². The van der Waals surface area contributed by atoms with Crippen molar-refractivity contribution < 1.29 is 8.81 Å². The zero-order valence-corrected chi connectivity index (χ0v) is 13.3. The summed E-state index contributed by atoms with van der Waals surface area (Å²) in [6.45, 7) is 0.619. The average molecular weight is 325 g/mol. The summed E-state index contributed by atoms with van der Waals surface area (Å²) < 4.78 is 18.7. The van der Waals surface area contributed by atoms with Crippen LogP contribution in [-0.2, 0) is 6.54 Å². The van der Waals surface area contributed by atoms with Crippen LogP contribution in [0, 0.1) is 5.82 Å². The van der Waals surface area contributed by atoms with E-state index in [0.29, 0.717) is 18.3 Å². The summed E-state index contributed by atoms with van der Waals surface area (Å²) in [6, 6.07) is 6.12. The van der Waals surface area contributed by atoms with Gasteiger partial charge in [0.25, 0.3) is 0 Å². The molecule has 0 amide bonds. The topological polar surface area (TPSA) is 58.3 Å². The average Bonchev–Trinajstić information content (AvgIpc) is 3.21. The molecule has 3 aromatic rings. The lowest BCUT2D eigenvalue weighted by atomic mass is 10.0. The highest BCUT2D eigenvalue weighted by molar-refractivity contribution is 5.57. The highest BCUT2D eigenvalue weighted by Gasteiger charge is 2.35. The van der Waals surface area contributed by atoms with Gasteiger partial charge in [-0.05, 0) is 23.3 Å². The van der Waals surface area contributed by atoms with E-state index in [4.69, 9.17) is 4.42 Å². The van der Waals surface area contributed by atoms with Crippen LogP contribution in [0.4, 0.5) is 16.0 Å². The first-order valence-corrected chi connectivity index (χ1v) is 7.56. The Balaban J connectivity index is 1.81. The molecule has 1 aliphatic heterocycles. The monoisotopic (exact) mass is 325 g/mol. The molecule has 0 saturated carbocycles. The number of hydrogen-bond donors (Lipinski definition) is 0. The van der Waals surface area contributed by atoms with Gasteiger partial charge in [0.05, 0.1) is 18.6 Å². The second kappa shape index (κ2) is 5.59. The van der Waals surface area contributed by atoms with Gasteiger partial charge < -0.3 is 14.2 Å². The molecule has 24 heavy (non-hydrogen) atoms. The Kier molecular flexibility index (Phi) is 3.41. The number of hydrogen-bond acceptors (Lipinski definition) is 6. The fourth-order valence-corrected chi connectivity index (χ4v) is 3.02. The SMILES string of the molecule is CN(C)c1ccc2c(c1)CN(c1ncc(F)cn1)C2c1cnco1. The number of benzene rings is 1. The molecular weight excluding hydrogens is 309 g/mol. The predicted molar refractivity (Wildman–Crippen MR) is 87.3 cm³/mol. The van der Waals surface area contributed by atoms with Crippen LogP contribution in [0.3, 0.4) is 0 Å². The van der Waals surface area contributed by atoms with Crippen molar-refractivity contribution in [2.45, 2.75) is 12.6 Å². The van der Waals surface area contributed by atoms with Crippen LogP contribution in [0.15, 0.2) is 47.6 Å². The van der Waals surface area contributed by atoms with E-state index in [1.54, 1.807) is 6.20 Å². The van der Waals surface area contributed by atoms with Crippen LogP contribution >= 0.6 is 0 Å². The number of aromatic nitrogens is 3. The molecule has 0 fully saturated rings. The fraction of sp³-hybridized carbons (Fsp3) is 0.235. The highest BCUT2D eigenvalue weighted by atomic mass is 19.1. The normalized spacial score (nSPS) is 16.3. The quantitative estimate of drug-likeness (QED) is 0.738. The molecule has 3 heterocycles. The summed E-state index contributed by atoms with van der Waals surface area (Å²) in [4.78, 5) is 16.3. The lowest BCUT2D eigenvalue weighted by Crippen LogP contribution is -2.24. The molecule has 0 bridgehead atoms. The maximum absolute atomic E-state index is 13.2. The summed E-state index contributed by atoms with van der Waals surface area (Å²) in [6.07, 6.45) is 5.45. The van der Waals surface area contributed by atoms with Crippen LogP contribution in [0.25, 0.3) is 0 Å². The van der Waals surface area contributed by atoms with Crippen LogP contribution < -0.4 is 9.80 Å². The maximum atomic E-state index is 13.2. The van der Waals surface area contributed by atoms with Gasteiger partial charge in [-0.3, -0.25) is 0 Å². The van der Waals surface area contributed by atoms with Gasteiger partial charge in [-0.2, -0.15) is 0 Å². The lowest BCUT2D eigenvalue weighted by Gasteiger charge is -2.23. The van der Waals surface area contributed by atoms with Crippen molar-refractivity contribution in [3.63, 3.8) is 0 Å². The van der Waals surface area contributed by atoms with E-state index in [9.17, 15) is 4.39 Å². The van der Waals surface area contributed by atoms with Crippen molar-refractivity contribution in [2.24, 2.45) is 0 Å². The van der Waals surface area contributed by atoms with Crippen molar-refractivity contribution >= 4 is 11.6 Å². The number of fused-ring (bicyclic) bond motifs is 1. The smallest absolute Gasteiger partial charge is 0.226 e. The second-order valence-corrected chi connectivity index (χ2v) is 5.91. The van der Waals surface area contributed by atoms with E-state index in [0.717, 1.165) is 16.8 Å². The van der Waals surface area contributed by atoms with Gasteiger partial charge in [0.15, 0.2) is 18.0 Å².